The van der Waals surface area contributed by atoms with Crippen LogP contribution >= 0.6 is 0 Å². The minimum absolute atomic E-state index is 0.0260. The van der Waals surface area contributed by atoms with Gasteiger partial charge in [-0.1, -0.05) is 0 Å². The summed E-state index contributed by atoms with van der Waals surface area (Å²) in [6.07, 6.45) is 0.449. The molecule has 3 aliphatic rings. The Kier molecular flexibility index (Phi) is 1.81. The zero-order valence-electron chi connectivity index (χ0n) is 8.47. The van der Waals surface area contributed by atoms with Crippen molar-refractivity contribution in [3.8, 4) is 0 Å². The number of hydrogen-bond donors (Lipinski definition) is 0. The average Bonchev–Trinajstić information content (AvgIpc) is 2.67. The minimum atomic E-state index is -0.570. The predicted octanol–water partition coefficient (Wildman–Crippen LogP) is -0.130. The van der Waals surface area contributed by atoms with E-state index in [2.05, 4.69) is 4.74 Å². The summed E-state index contributed by atoms with van der Waals surface area (Å²) in [5.41, 5.74) is 0. The second kappa shape index (κ2) is 2.99. The summed E-state index contributed by atoms with van der Waals surface area (Å²) in [6, 6.07) is 0. The lowest BCUT2D eigenvalue weighted by molar-refractivity contribution is -0.170. The molecule has 0 aromatic rings. The van der Waals surface area contributed by atoms with Gasteiger partial charge in [-0.3, -0.25) is 19.2 Å². The summed E-state index contributed by atoms with van der Waals surface area (Å²) in [5, 5.41) is 0. The maximum Gasteiger partial charge on any atom is 0.316 e. The molecule has 0 spiro atoms. The van der Waals surface area contributed by atoms with E-state index in [1.165, 1.54) is 0 Å². The molecule has 1 heterocycles. The Labute approximate surface area is 91.1 Å². The van der Waals surface area contributed by atoms with E-state index in [0.29, 0.717) is 6.42 Å². The molecule has 0 aromatic heterocycles. The molecule has 84 valence electrons. The molecular formula is C11H10O5. The normalized spacial score (nSPS) is 42.0. The number of cyclic esters (lactones) is 2. The number of ketones is 2. The van der Waals surface area contributed by atoms with E-state index in [1.807, 2.05) is 0 Å². The van der Waals surface area contributed by atoms with Gasteiger partial charge in [-0.2, -0.15) is 0 Å². The Bertz CT molecular complexity index is 418. The van der Waals surface area contributed by atoms with Gasteiger partial charge in [0.1, 0.15) is 11.6 Å². The van der Waals surface area contributed by atoms with Gasteiger partial charge < -0.3 is 4.74 Å². The lowest BCUT2D eigenvalue weighted by Gasteiger charge is -2.25. The third-order valence-electron chi connectivity index (χ3n) is 3.97. The molecule has 0 radical (unpaired) electrons. The van der Waals surface area contributed by atoms with Crippen LogP contribution in [0.25, 0.3) is 0 Å². The molecule has 0 aromatic carbocycles. The molecule has 4 atom stereocenters. The Hall–Kier alpha value is -1.52. The van der Waals surface area contributed by atoms with E-state index in [9.17, 15) is 19.2 Å². The SMILES string of the molecule is O=C1CC2C(CC3C(=O)CC(=O)C32)C(=O)O1. The Morgan fingerprint density at radius 2 is 1.75 bits per heavy atom. The first kappa shape index (κ1) is 9.69. The van der Waals surface area contributed by atoms with Crippen molar-refractivity contribution in [3.05, 3.63) is 0 Å². The molecule has 4 unspecified atom stereocenters. The fourth-order valence-corrected chi connectivity index (χ4v) is 3.32. The zero-order chi connectivity index (χ0) is 11.4. The van der Waals surface area contributed by atoms with Gasteiger partial charge in [-0.15, -0.1) is 0 Å². The monoisotopic (exact) mass is 222 g/mol. The first-order valence-corrected chi connectivity index (χ1v) is 5.38. The number of carbonyl (C=O) groups is 4. The number of ether oxygens (including phenoxy) is 1. The average molecular weight is 222 g/mol. The predicted molar refractivity (Wildman–Crippen MR) is 48.9 cm³/mol. The third-order valence-corrected chi connectivity index (χ3v) is 3.97. The summed E-state index contributed by atoms with van der Waals surface area (Å²) in [6.45, 7) is 0. The molecule has 0 N–H and O–H groups in total. The van der Waals surface area contributed by atoms with E-state index in [4.69, 9.17) is 0 Å². The van der Waals surface area contributed by atoms with Crippen LogP contribution in [0, 0.1) is 23.7 Å². The Morgan fingerprint density at radius 3 is 2.50 bits per heavy atom. The molecule has 1 saturated heterocycles. The fourth-order valence-electron chi connectivity index (χ4n) is 3.32. The minimum Gasteiger partial charge on any atom is -0.393 e. The molecule has 16 heavy (non-hydrogen) atoms. The van der Waals surface area contributed by atoms with Gasteiger partial charge in [0.25, 0.3) is 0 Å². The van der Waals surface area contributed by atoms with E-state index >= 15 is 0 Å². The number of rotatable bonds is 0. The maximum atomic E-state index is 11.7. The van der Waals surface area contributed by atoms with E-state index in [0.717, 1.165) is 0 Å². The van der Waals surface area contributed by atoms with Crippen molar-refractivity contribution in [1.29, 1.82) is 0 Å². The van der Waals surface area contributed by atoms with Crippen molar-refractivity contribution in [3.63, 3.8) is 0 Å². The van der Waals surface area contributed by atoms with Crippen LogP contribution < -0.4 is 0 Å². The summed E-state index contributed by atoms with van der Waals surface area (Å²) < 4.78 is 4.54. The van der Waals surface area contributed by atoms with Gasteiger partial charge >= 0.3 is 11.9 Å². The van der Waals surface area contributed by atoms with Crippen molar-refractivity contribution >= 4 is 23.5 Å². The number of carbonyl (C=O) groups excluding carboxylic acids is 4. The fraction of sp³-hybridized carbons (Fsp3) is 0.636. The summed E-state index contributed by atoms with van der Waals surface area (Å²) >= 11 is 0. The number of hydrogen-bond acceptors (Lipinski definition) is 5. The molecule has 1 aliphatic heterocycles. The second-order valence-corrected chi connectivity index (χ2v) is 4.74. The second-order valence-electron chi connectivity index (χ2n) is 4.74. The third kappa shape index (κ3) is 1.11. The van der Waals surface area contributed by atoms with Crippen LogP contribution in [-0.4, -0.2) is 23.5 Å². The van der Waals surface area contributed by atoms with Crippen molar-refractivity contribution in [2.24, 2.45) is 23.7 Å². The summed E-state index contributed by atoms with van der Waals surface area (Å²) in [7, 11) is 0. The van der Waals surface area contributed by atoms with E-state index in [-0.39, 0.29) is 36.2 Å². The lowest BCUT2D eigenvalue weighted by atomic mass is 9.83. The highest BCUT2D eigenvalue weighted by atomic mass is 16.6. The van der Waals surface area contributed by atoms with Crippen molar-refractivity contribution in [1.82, 2.24) is 0 Å². The van der Waals surface area contributed by atoms with Gasteiger partial charge in [0.15, 0.2) is 0 Å². The first-order valence-electron chi connectivity index (χ1n) is 5.38. The van der Waals surface area contributed by atoms with Gasteiger partial charge in [-0.25, -0.2) is 0 Å². The molecule has 5 heteroatoms. The summed E-state index contributed by atoms with van der Waals surface area (Å²) in [4.78, 5) is 45.8. The highest BCUT2D eigenvalue weighted by Crippen LogP contribution is 2.50. The van der Waals surface area contributed by atoms with Crippen molar-refractivity contribution in [2.45, 2.75) is 19.3 Å². The highest BCUT2D eigenvalue weighted by Gasteiger charge is 2.58. The number of fused-ring (bicyclic) bond motifs is 3. The van der Waals surface area contributed by atoms with Gasteiger partial charge in [0.2, 0.25) is 0 Å². The van der Waals surface area contributed by atoms with Crippen LogP contribution in [0.3, 0.4) is 0 Å². The largest absolute Gasteiger partial charge is 0.393 e. The quantitative estimate of drug-likeness (QED) is 0.421. The topological polar surface area (TPSA) is 77.5 Å². The van der Waals surface area contributed by atoms with Crippen LogP contribution in [0.5, 0.6) is 0 Å². The highest BCUT2D eigenvalue weighted by molar-refractivity contribution is 6.10. The van der Waals surface area contributed by atoms with E-state index < -0.39 is 23.8 Å². The standard InChI is InChI=1S/C11H10O5/c12-7-3-8(13)10-4-2-9(14)16-11(15)5(4)1-6(7)10/h4-6,10H,1-3H2. The molecular weight excluding hydrogens is 212 g/mol. The zero-order valence-corrected chi connectivity index (χ0v) is 8.47. The van der Waals surface area contributed by atoms with Crippen LogP contribution in [0.1, 0.15) is 19.3 Å². The van der Waals surface area contributed by atoms with Crippen LogP contribution in [-0.2, 0) is 23.9 Å². The molecule has 0 bridgehead atoms. The van der Waals surface area contributed by atoms with Crippen LogP contribution in [0.2, 0.25) is 0 Å². The Balaban J connectivity index is 1.97. The smallest absolute Gasteiger partial charge is 0.316 e. The Morgan fingerprint density at radius 1 is 1.00 bits per heavy atom. The number of Topliss-reactive ketones (excluding diaryl/α,β-unsaturated/α-hetero) is 2. The molecule has 3 rings (SSSR count). The van der Waals surface area contributed by atoms with Gasteiger partial charge in [-0.05, 0) is 12.3 Å². The molecule has 3 fully saturated rings. The maximum absolute atomic E-state index is 11.7. The van der Waals surface area contributed by atoms with Gasteiger partial charge in [0, 0.05) is 11.8 Å². The lowest BCUT2D eigenvalue weighted by Crippen LogP contribution is -2.35. The molecule has 0 amide bonds. The van der Waals surface area contributed by atoms with Crippen molar-refractivity contribution < 1.29 is 23.9 Å². The van der Waals surface area contributed by atoms with Crippen LogP contribution in [0.15, 0.2) is 0 Å². The van der Waals surface area contributed by atoms with Gasteiger partial charge in [0.05, 0.1) is 18.8 Å². The van der Waals surface area contributed by atoms with Crippen molar-refractivity contribution in [2.75, 3.05) is 0 Å². The number of esters is 2. The molecule has 2 aliphatic carbocycles. The first-order chi connectivity index (χ1) is 7.58. The van der Waals surface area contributed by atoms with Crippen LogP contribution in [0.4, 0.5) is 0 Å². The molecule has 5 nitrogen and oxygen atoms in total. The molecule has 2 saturated carbocycles. The van der Waals surface area contributed by atoms with E-state index in [1.54, 1.807) is 0 Å². The summed E-state index contributed by atoms with van der Waals surface area (Å²) in [5.74, 6) is -2.79.